The van der Waals surface area contributed by atoms with Gasteiger partial charge in [-0.25, -0.2) is 4.39 Å². The van der Waals surface area contributed by atoms with Crippen molar-refractivity contribution in [3.8, 4) is 0 Å². The molecule has 19 heavy (non-hydrogen) atoms. The van der Waals surface area contributed by atoms with Gasteiger partial charge >= 0.3 is 0 Å². The summed E-state index contributed by atoms with van der Waals surface area (Å²) in [7, 11) is 0. The quantitative estimate of drug-likeness (QED) is 0.848. The minimum absolute atomic E-state index is 0.185. The van der Waals surface area contributed by atoms with E-state index in [1.165, 1.54) is 12.1 Å². The maximum absolute atomic E-state index is 13.3. The highest BCUT2D eigenvalue weighted by molar-refractivity contribution is 6.30. The van der Waals surface area contributed by atoms with E-state index in [-0.39, 0.29) is 10.9 Å². The molecule has 2 aromatic carbocycles. The zero-order valence-electron chi connectivity index (χ0n) is 10.3. The highest BCUT2D eigenvalue weighted by Gasteiger charge is 2.19. The maximum atomic E-state index is 13.3. The second-order valence-corrected chi connectivity index (χ2v) is 5.36. The molecule has 1 nitrogen and oxygen atoms in total. The molecule has 0 bridgehead atoms. The summed E-state index contributed by atoms with van der Waals surface area (Å²) in [6, 6.07) is 11.3. The average molecular weight is 299 g/mol. The number of benzene rings is 2. The predicted octanol–water partition coefficient (Wildman–Crippen LogP) is 4.97. The van der Waals surface area contributed by atoms with E-state index in [1.807, 2.05) is 19.1 Å². The van der Waals surface area contributed by atoms with Gasteiger partial charge in [-0.3, -0.25) is 0 Å². The van der Waals surface area contributed by atoms with Crippen LogP contribution in [-0.4, -0.2) is 5.11 Å². The standard InChI is InChI=1S/C15H13Cl2FO/c1-9(10-2-4-12(16)5-3-10)15(19)11-6-13(17)8-14(18)7-11/h2-9,15,19H,1H3/t9-,15-/m1/s1. The number of hydrogen-bond acceptors (Lipinski definition) is 1. The lowest BCUT2D eigenvalue weighted by molar-refractivity contribution is 0.151. The molecule has 0 saturated heterocycles. The van der Waals surface area contributed by atoms with Crippen molar-refractivity contribution in [1.82, 2.24) is 0 Å². The summed E-state index contributed by atoms with van der Waals surface area (Å²) in [5, 5.41) is 11.2. The number of hydrogen-bond donors (Lipinski definition) is 1. The lowest BCUT2D eigenvalue weighted by Crippen LogP contribution is -2.08. The van der Waals surface area contributed by atoms with Crippen LogP contribution in [-0.2, 0) is 0 Å². The minimum Gasteiger partial charge on any atom is -0.388 e. The Kier molecular flexibility index (Phi) is 4.46. The number of rotatable bonds is 3. The molecule has 0 aliphatic carbocycles. The summed E-state index contributed by atoms with van der Waals surface area (Å²) in [4.78, 5) is 0. The van der Waals surface area contributed by atoms with Crippen LogP contribution in [0.15, 0.2) is 42.5 Å². The van der Waals surface area contributed by atoms with Crippen LogP contribution >= 0.6 is 23.2 Å². The summed E-state index contributed by atoms with van der Waals surface area (Å²) in [5.74, 6) is -0.639. The Morgan fingerprint density at radius 3 is 2.16 bits per heavy atom. The van der Waals surface area contributed by atoms with Crippen LogP contribution in [0.3, 0.4) is 0 Å². The van der Waals surface area contributed by atoms with E-state index in [0.29, 0.717) is 10.6 Å². The third-order valence-corrected chi connectivity index (χ3v) is 3.57. The molecule has 0 amide bonds. The summed E-state index contributed by atoms with van der Waals surface area (Å²) >= 11 is 11.6. The van der Waals surface area contributed by atoms with Gasteiger partial charge in [-0.05, 0) is 41.5 Å². The van der Waals surface area contributed by atoms with Crippen molar-refractivity contribution in [3.63, 3.8) is 0 Å². The van der Waals surface area contributed by atoms with Crippen molar-refractivity contribution in [2.75, 3.05) is 0 Å². The Balaban J connectivity index is 2.27. The monoisotopic (exact) mass is 298 g/mol. The highest BCUT2D eigenvalue weighted by atomic mass is 35.5. The average Bonchev–Trinajstić information content (AvgIpc) is 2.37. The van der Waals surface area contributed by atoms with Gasteiger partial charge in [0, 0.05) is 16.0 Å². The first kappa shape index (κ1) is 14.3. The fourth-order valence-corrected chi connectivity index (χ4v) is 2.34. The summed E-state index contributed by atoms with van der Waals surface area (Å²) < 4.78 is 13.3. The molecule has 0 aliphatic heterocycles. The van der Waals surface area contributed by atoms with E-state index in [2.05, 4.69) is 0 Å². The molecule has 2 rings (SSSR count). The highest BCUT2D eigenvalue weighted by Crippen LogP contribution is 2.32. The molecule has 4 heteroatoms. The first-order valence-electron chi connectivity index (χ1n) is 5.87. The van der Waals surface area contributed by atoms with Gasteiger partial charge in [0.1, 0.15) is 5.82 Å². The predicted molar refractivity (Wildman–Crippen MR) is 76.2 cm³/mol. The molecule has 1 N–H and O–H groups in total. The largest absolute Gasteiger partial charge is 0.388 e. The maximum Gasteiger partial charge on any atom is 0.125 e. The molecule has 0 heterocycles. The van der Waals surface area contributed by atoms with Crippen molar-refractivity contribution in [2.45, 2.75) is 18.9 Å². The topological polar surface area (TPSA) is 20.2 Å². The molecule has 0 spiro atoms. The SMILES string of the molecule is C[C@H](c1ccc(Cl)cc1)[C@@H](O)c1cc(F)cc(Cl)c1. The van der Waals surface area contributed by atoms with Crippen molar-refractivity contribution in [1.29, 1.82) is 0 Å². The van der Waals surface area contributed by atoms with Gasteiger partial charge < -0.3 is 5.11 Å². The van der Waals surface area contributed by atoms with Gasteiger partial charge in [0.05, 0.1) is 6.10 Å². The first-order chi connectivity index (χ1) is 8.97. The lowest BCUT2D eigenvalue weighted by Gasteiger charge is -2.20. The Morgan fingerprint density at radius 2 is 1.58 bits per heavy atom. The van der Waals surface area contributed by atoms with Crippen LogP contribution in [0.2, 0.25) is 10.0 Å². The zero-order chi connectivity index (χ0) is 14.0. The van der Waals surface area contributed by atoms with Crippen molar-refractivity contribution >= 4 is 23.2 Å². The zero-order valence-corrected chi connectivity index (χ0v) is 11.8. The second-order valence-electron chi connectivity index (χ2n) is 4.49. The molecule has 0 aromatic heterocycles. The Hall–Kier alpha value is -1.09. The normalized spacial score (nSPS) is 14.2. The molecule has 0 fully saturated rings. The molecule has 0 saturated carbocycles. The number of aliphatic hydroxyl groups is 1. The van der Waals surface area contributed by atoms with Crippen molar-refractivity contribution in [3.05, 3.63) is 69.5 Å². The Bertz CT molecular complexity index is 549. The van der Waals surface area contributed by atoms with Gasteiger partial charge in [-0.2, -0.15) is 0 Å². The van der Waals surface area contributed by atoms with Crippen LogP contribution in [0.5, 0.6) is 0 Å². The lowest BCUT2D eigenvalue weighted by atomic mass is 9.91. The van der Waals surface area contributed by atoms with Gasteiger partial charge in [-0.15, -0.1) is 0 Å². The molecule has 2 atom stereocenters. The van der Waals surface area contributed by atoms with Crippen LogP contribution in [0.1, 0.15) is 30.1 Å². The number of halogens is 3. The van der Waals surface area contributed by atoms with E-state index >= 15 is 0 Å². The molecule has 2 aromatic rings. The van der Waals surface area contributed by atoms with E-state index in [9.17, 15) is 9.50 Å². The summed E-state index contributed by atoms with van der Waals surface area (Å²) in [6.07, 6.45) is -0.825. The van der Waals surface area contributed by atoms with E-state index in [4.69, 9.17) is 23.2 Å². The molecule has 100 valence electrons. The van der Waals surface area contributed by atoms with Gasteiger partial charge in [0.25, 0.3) is 0 Å². The first-order valence-corrected chi connectivity index (χ1v) is 6.62. The summed E-state index contributed by atoms with van der Waals surface area (Å²) in [6.45, 7) is 1.87. The molecule has 0 radical (unpaired) electrons. The second kappa shape index (κ2) is 5.91. The number of aliphatic hydroxyl groups excluding tert-OH is 1. The third-order valence-electron chi connectivity index (χ3n) is 3.10. The summed E-state index contributed by atoms with van der Waals surface area (Å²) in [5.41, 5.74) is 1.39. The van der Waals surface area contributed by atoms with E-state index in [0.717, 1.165) is 5.56 Å². The Labute approximate surface area is 121 Å². The van der Waals surface area contributed by atoms with Gasteiger partial charge in [0.2, 0.25) is 0 Å². The van der Waals surface area contributed by atoms with Gasteiger partial charge in [-0.1, -0.05) is 42.3 Å². The Morgan fingerprint density at radius 1 is 0.947 bits per heavy atom. The van der Waals surface area contributed by atoms with E-state index < -0.39 is 11.9 Å². The van der Waals surface area contributed by atoms with Gasteiger partial charge in [0.15, 0.2) is 0 Å². The smallest absolute Gasteiger partial charge is 0.125 e. The van der Waals surface area contributed by atoms with Crippen molar-refractivity contribution in [2.24, 2.45) is 0 Å². The molecular formula is C15H13Cl2FO. The molecule has 0 aliphatic rings. The fraction of sp³-hybridized carbons (Fsp3) is 0.200. The van der Waals surface area contributed by atoms with Crippen LogP contribution in [0.4, 0.5) is 4.39 Å². The van der Waals surface area contributed by atoms with Crippen molar-refractivity contribution < 1.29 is 9.50 Å². The van der Waals surface area contributed by atoms with Crippen LogP contribution in [0.25, 0.3) is 0 Å². The minimum atomic E-state index is -0.825. The van der Waals surface area contributed by atoms with E-state index in [1.54, 1.807) is 18.2 Å². The third kappa shape index (κ3) is 3.47. The van der Waals surface area contributed by atoms with Crippen LogP contribution in [0, 0.1) is 5.82 Å². The molecule has 0 unspecified atom stereocenters. The fourth-order valence-electron chi connectivity index (χ4n) is 1.98. The van der Waals surface area contributed by atoms with Crippen LogP contribution < -0.4 is 0 Å². The molecular weight excluding hydrogens is 286 g/mol.